The van der Waals surface area contributed by atoms with Crippen molar-refractivity contribution >= 4 is 0 Å². The van der Waals surface area contributed by atoms with Crippen LogP contribution < -0.4 is 5.32 Å². The van der Waals surface area contributed by atoms with Crippen LogP contribution in [0.15, 0.2) is 6.07 Å². The van der Waals surface area contributed by atoms with Gasteiger partial charge in [0.05, 0.1) is 12.7 Å². The third-order valence-electron chi connectivity index (χ3n) is 3.37. The van der Waals surface area contributed by atoms with Crippen molar-refractivity contribution in [3.63, 3.8) is 0 Å². The monoisotopic (exact) mass is 254 g/mol. The van der Waals surface area contributed by atoms with E-state index in [1.54, 1.807) is 14.2 Å². The Kier molecular flexibility index (Phi) is 6.39. The Morgan fingerprint density at radius 1 is 1.33 bits per heavy atom. The Balaban J connectivity index is 2.48. The molecule has 0 saturated carbocycles. The molecule has 0 aromatic carbocycles. The van der Waals surface area contributed by atoms with Gasteiger partial charge in [0.1, 0.15) is 0 Å². The molecule has 1 heterocycles. The van der Waals surface area contributed by atoms with E-state index in [0.29, 0.717) is 6.61 Å². The number of hydrogen-bond acceptors (Lipinski definition) is 3. The van der Waals surface area contributed by atoms with Crippen LogP contribution in [0.2, 0.25) is 0 Å². The van der Waals surface area contributed by atoms with Crippen LogP contribution >= 0.6 is 0 Å². The van der Waals surface area contributed by atoms with Crippen molar-refractivity contribution in [1.29, 1.82) is 0 Å². The molecule has 0 saturated heterocycles. The summed E-state index contributed by atoms with van der Waals surface area (Å²) in [7, 11) is 3.41. The zero-order valence-corrected chi connectivity index (χ0v) is 12.2. The van der Waals surface area contributed by atoms with Crippen molar-refractivity contribution in [2.45, 2.75) is 40.0 Å². The molecule has 0 aliphatic heterocycles. The summed E-state index contributed by atoms with van der Waals surface area (Å²) < 4.78 is 12.7. The molecule has 0 spiro atoms. The first-order valence-electron chi connectivity index (χ1n) is 6.52. The summed E-state index contributed by atoms with van der Waals surface area (Å²) in [5.74, 6) is 0. The maximum atomic E-state index is 5.32. The molecule has 104 valence electrons. The minimum absolute atomic E-state index is 0.115. The molecule has 0 bridgehead atoms. The van der Waals surface area contributed by atoms with E-state index in [1.165, 1.54) is 17.0 Å². The Hall–Kier alpha value is -0.840. The van der Waals surface area contributed by atoms with E-state index in [4.69, 9.17) is 9.47 Å². The van der Waals surface area contributed by atoms with Crippen molar-refractivity contribution in [3.05, 3.63) is 23.0 Å². The van der Waals surface area contributed by atoms with E-state index in [-0.39, 0.29) is 6.10 Å². The fraction of sp³-hybridized carbons (Fsp3) is 0.714. The van der Waals surface area contributed by atoms with Gasteiger partial charge in [-0.05, 0) is 32.4 Å². The number of hydrogen-bond donors (Lipinski definition) is 1. The minimum Gasteiger partial charge on any atom is -0.382 e. The number of nitrogens with zero attached hydrogens (tertiary/aromatic N) is 1. The van der Waals surface area contributed by atoms with E-state index < -0.39 is 0 Å². The number of methoxy groups -OCH3 is 2. The van der Waals surface area contributed by atoms with E-state index in [0.717, 1.165) is 19.6 Å². The van der Waals surface area contributed by atoms with Gasteiger partial charge >= 0.3 is 0 Å². The van der Waals surface area contributed by atoms with E-state index in [1.807, 2.05) is 0 Å². The van der Waals surface area contributed by atoms with Crippen LogP contribution in [0.1, 0.15) is 23.9 Å². The fourth-order valence-corrected chi connectivity index (χ4v) is 2.30. The predicted octanol–water partition coefficient (Wildman–Crippen LogP) is 1.88. The number of rotatable bonds is 8. The number of ether oxygens (including phenoxy) is 2. The van der Waals surface area contributed by atoms with Gasteiger partial charge in [-0.2, -0.15) is 0 Å². The molecule has 1 rings (SSSR count). The molecule has 1 N–H and O–H groups in total. The highest BCUT2D eigenvalue weighted by Gasteiger charge is 2.09. The Bertz CT molecular complexity index is 361. The Morgan fingerprint density at radius 2 is 2.06 bits per heavy atom. The van der Waals surface area contributed by atoms with Gasteiger partial charge in [-0.25, -0.2) is 0 Å². The second-order valence-electron chi connectivity index (χ2n) is 4.58. The first-order chi connectivity index (χ1) is 8.63. The molecule has 1 unspecified atom stereocenters. The summed E-state index contributed by atoms with van der Waals surface area (Å²) in [4.78, 5) is 0. The lowest BCUT2D eigenvalue weighted by Crippen LogP contribution is -2.31. The molecule has 1 aromatic heterocycles. The normalized spacial score (nSPS) is 12.9. The van der Waals surface area contributed by atoms with Crippen molar-refractivity contribution in [2.24, 2.45) is 0 Å². The molecule has 4 nitrogen and oxygen atoms in total. The van der Waals surface area contributed by atoms with Gasteiger partial charge in [0.2, 0.25) is 0 Å². The topological polar surface area (TPSA) is 35.4 Å². The molecule has 0 radical (unpaired) electrons. The van der Waals surface area contributed by atoms with Crippen LogP contribution in [0.3, 0.4) is 0 Å². The lowest BCUT2D eigenvalue weighted by molar-refractivity contribution is 0.0288. The van der Waals surface area contributed by atoms with Crippen LogP contribution in [0.25, 0.3) is 0 Å². The summed E-state index contributed by atoms with van der Waals surface area (Å²) in [6, 6.07) is 2.25. The zero-order valence-electron chi connectivity index (χ0n) is 12.2. The maximum absolute atomic E-state index is 5.32. The van der Waals surface area contributed by atoms with Gasteiger partial charge in [0.25, 0.3) is 0 Å². The highest BCUT2D eigenvalue weighted by atomic mass is 16.5. The molecule has 0 aliphatic carbocycles. The molecular formula is C14H26N2O2. The molecule has 1 atom stereocenters. The van der Waals surface area contributed by atoms with Crippen LogP contribution in [0.4, 0.5) is 0 Å². The van der Waals surface area contributed by atoms with Crippen LogP contribution in [0.5, 0.6) is 0 Å². The Morgan fingerprint density at radius 3 is 2.56 bits per heavy atom. The van der Waals surface area contributed by atoms with Crippen molar-refractivity contribution in [1.82, 2.24) is 9.88 Å². The molecule has 0 amide bonds. The van der Waals surface area contributed by atoms with Crippen molar-refractivity contribution in [2.75, 3.05) is 27.4 Å². The second-order valence-corrected chi connectivity index (χ2v) is 4.58. The lowest BCUT2D eigenvalue weighted by Gasteiger charge is -2.15. The van der Waals surface area contributed by atoms with Gasteiger partial charge < -0.3 is 19.4 Å². The highest BCUT2D eigenvalue weighted by molar-refractivity contribution is 5.26. The lowest BCUT2D eigenvalue weighted by atomic mass is 10.2. The molecule has 4 heteroatoms. The first-order valence-corrected chi connectivity index (χ1v) is 6.52. The minimum atomic E-state index is 0.115. The van der Waals surface area contributed by atoms with Crippen LogP contribution in [-0.4, -0.2) is 38.0 Å². The van der Waals surface area contributed by atoms with Crippen molar-refractivity contribution < 1.29 is 9.47 Å². The van der Waals surface area contributed by atoms with Crippen molar-refractivity contribution in [3.8, 4) is 0 Å². The van der Waals surface area contributed by atoms with Crippen LogP contribution in [-0.2, 0) is 22.6 Å². The molecule has 0 fully saturated rings. The number of aromatic nitrogens is 1. The number of aryl methyl sites for hydroxylation is 1. The third-order valence-corrected chi connectivity index (χ3v) is 3.37. The van der Waals surface area contributed by atoms with Gasteiger partial charge in [-0.15, -0.1) is 0 Å². The molecule has 0 aliphatic rings. The third kappa shape index (κ3) is 3.83. The summed E-state index contributed by atoms with van der Waals surface area (Å²) in [6.07, 6.45) is 0.115. The average molecular weight is 254 g/mol. The standard InChI is InChI=1S/C14H26N2O2/c1-6-16-11(2)7-13(12(16)3)8-15-9-14(18-5)10-17-4/h7,14-15H,6,8-10H2,1-5H3. The summed E-state index contributed by atoms with van der Waals surface area (Å²) in [6.45, 7) is 9.85. The summed E-state index contributed by atoms with van der Waals surface area (Å²) in [5.41, 5.74) is 4.04. The smallest absolute Gasteiger partial charge is 0.0928 e. The maximum Gasteiger partial charge on any atom is 0.0928 e. The predicted molar refractivity (Wildman–Crippen MR) is 74.0 cm³/mol. The largest absolute Gasteiger partial charge is 0.382 e. The van der Waals surface area contributed by atoms with Gasteiger partial charge in [0, 0.05) is 45.2 Å². The summed E-state index contributed by atoms with van der Waals surface area (Å²) >= 11 is 0. The fourth-order valence-electron chi connectivity index (χ4n) is 2.30. The highest BCUT2D eigenvalue weighted by Crippen LogP contribution is 2.14. The zero-order chi connectivity index (χ0) is 13.5. The van der Waals surface area contributed by atoms with E-state index in [2.05, 4.69) is 36.7 Å². The molecule has 18 heavy (non-hydrogen) atoms. The molecule has 1 aromatic rings. The first kappa shape index (κ1) is 15.2. The summed E-state index contributed by atoms with van der Waals surface area (Å²) in [5, 5.41) is 3.42. The van der Waals surface area contributed by atoms with Gasteiger partial charge in [-0.3, -0.25) is 0 Å². The van der Waals surface area contributed by atoms with Gasteiger partial charge in [0.15, 0.2) is 0 Å². The molecular weight excluding hydrogens is 228 g/mol. The Labute approximate surface area is 110 Å². The number of nitrogens with one attached hydrogen (secondary N) is 1. The second kappa shape index (κ2) is 7.56. The van der Waals surface area contributed by atoms with Gasteiger partial charge in [-0.1, -0.05) is 0 Å². The quantitative estimate of drug-likeness (QED) is 0.769. The van der Waals surface area contributed by atoms with Crippen LogP contribution in [0, 0.1) is 13.8 Å². The SMILES string of the molecule is CCn1c(C)cc(CNCC(COC)OC)c1C. The average Bonchev–Trinajstić information content (AvgIpc) is 2.63. The van der Waals surface area contributed by atoms with E-state index in [9.17, 15) is 0 Å². The van der Waals surface area contributed by atoms with E-state index >= 15 is 0 Å².